The summed E-state index contributed by atoms with van der Waals surface area (Å²) in [5, 5.41) is 9.49. The van der Waals surface area contributed by atoms with Gasteiger partial charge in [0.2, 0.25) is 5.95 Å². The molecule has 0 saturated carbocycles. The van der Waals surface area contributed by atoms with Crippen LogP contribution in [0.1, 0.15) is 29.1 Å². The quantitative estimate of drug-likeness (QED) is 0.840. The molecule has 3 heterocycles. The summed E-state index contributed by atoms with van der Waals surface area (Å²) in [4.78, 5) is 27.0. The van der Waals surface area contributed by atoms with Gasteiger partial charge in [-0.05, 0) is 33.4 Å². The van der Waals surface area contributed by atoms with E-state index in [0.29, 0.717) is 23.8 Å². The molecule has 8 heteroatoms. The Bertz CT molecular complexity index is 915. The Morgan fingerprint density at radius 1 is 1.42 bits per heavy atom. The van der Waals surface area contributed by atoms with Crippen molar-refractivity contribution in [2.24, 2.45) is 0 Å². The highest BCUT2D eigenvalue weighted by atomic mass is 16.1. The molecule has 1 aliphatic rings. The predicted molar refractivity (Wildman–Crippen MR) is 99.8 cm³/mol. The van der Waals surface area contributed by atoms with Crippen LogP contribution < -0.4 is 16.2 Å². The molecule has 2 aromatic heterocycles. The Morgan fingerprint density at radius 3 is 2.88 bits per heavy atom. The minimum Gasteiger partial charge on any atom is -0.369 e. The molecule has 0 spiro atoms. The SMILES string of the molecule is Cc1cc(N2CC[C@@H](N(C)Cc3cc(=O)[nH]c(N)n3)C2)c(C#N)c(C)n1. The number of pyridine rings is 1. The number of H-pyrrole nitrogens is 1. The molecule has 0 unspecified atom stereocenters. The second-order valence-electron chi connectivity index (χ2n) is 6.78. The number of aromatic amines is 1. The minimum atomic E-state index is -0.240. The molecule has 1 atom stereocenters. The van der Waals surface area contributed by atoms with Gasteiger partial charge in [-0.15, -0.1) is 0 Å². The van der Waals surface area contributed by atoms with Gasteiger partial charge in [0.15, 0.2) is 0 Å². The maximum absolute atomic E-state index is 11.5. The van der Waals surface area contributed by atoms with Gasteiger partial charge >= 0.3 is 0 Å². The number of hydrogen-bond acceptors (Lipinski definition) is 7. The molecule has 0 aliphatic carbocycles. The van der Waals surface area contributed by atoms with Crippen LogP contribution >= 0.6 is 0 Å². The van der Waals surface area contributed by atoms with Gasteiger partial charge in [-0.25, -0.2) is 4.98 Å². The summed E-state index contributed by atoms with van der Waals surface area (Å²) in [7, 11) is 2.02. The number of hydrogen-bond donors (Lipinski definition) is 2. The zero-order valence-corrected chi connectivity index (χ0v) is 15.3. The molecular weight excluding hydrogens is 330 g/mol. The molecule has 0 amide bonds. The fourth-order valence-electron chi connectivity index (χ4n) is 3.51. The molecule has 0 radical (unpaired) electrons. The maximum Gasteiger partial charge on any atom is 0.252 e. The molecule has 26 heavy (non-hydrogen) atoms. The average molecular weight is 353 g/mol. The Labute approximate surface area is 152 Å². The summed E-state index contributed by atoms with van der Waals surface area (Å²) in [6, 6.07) is 6.04. The molecular formula is C18H23N7O. The fraction of sp³-hybridized carbons (Fsp3) is 0.444. The third-order valence-electron chi connectivity index (χ3n) is 4.77. The number of likely N-dealkylation sites (N-methyl/N-ethyl adjacent to an activating group) is 1. The first kappa shape index (κ1) is 17.9. The van der Waals surface area contributed by atoms with Crippen molar-refractivity contribution in [3.63, 3.8) is 0 Å². The lowest BCUT2D eigenvalue weighted by molar-refractivity contribution is 0.247. The van der Waals surface area contributed by atoms with E-state index in [4.69, 9.17) is 5.73 Å². The van der Waals surface area contributed by atoms with E-state index < -0.39 is 0 Å². The van der Waals surface area contributed by atoms with Crippen molar-refractivity contribution in [1.82, 2.24) is 19.9 Å². The van der Waals surface area contributed by atoms with Crippen molar-refractivity contribution in [3.8, 4) is 6.07 Å². The summed E-state index contributed by atoms with van der Waals surface area (Å²) in [6.07, 6.45) is 0.973. The maximum atomic E-state index is 11.5. The van der Waals surface area contributed by atoms with Crippen LogP contribution in [-0.4, -0.2) is 46.0 Å². The van der Waals surface area contributed by atoms with Crippen LogP contribution in [0.25, 0.3) is 0 Å². The van der Waals surface area contributed by atoms with Crippen LogP contribution in [0.5, 0.6) is 0 Å². The zero-order valence-electron chi connectivity index (χ0n) is 15.3. The van der Waals surface area contributed by atoms with E-state index in [1.807, 2.05) is 27.0 Å². The summed E-state index contributed by atoms with van der Waals surface area (Å²) < 4.78 is 0. The van der Waals surface area contributed by atoms with Crippen LogP contribution in [0.3, 0.4) is 0 Å². The largest absolute Gasteiger partial charge is 0.369 e. The lowest BCUT2D eigenvalue weighted by Gasteiger charge is -2.25. The number of nitrogens with zero attached hydrogens (tertiary/aromatic N) is 5. The second-order valence-corrected chi connectivity index (χ2v) is 6.78. The normalized spacial score (nSPS) is 16.9. The summed E-state index contributed by atoms with van der Waals surface area (Å²) in [5.41, 5.74) is 9.30. The van der Waals surface area contributed by atoms with E-state index in [9.17, 15) is 10.1 Å². The molecule has 2 aromatic rings. The third-order valence-corrected chi connectivity index (χ3v) is 4.77. The number of aromatic nitrogens is 3. The Hall–Kier alpha value is -2.92. The molecule has 8 nitrogen and oxygen atoms in total. The zero-order chi connectivity index (χ0) is 18.8. The smallest absolute Gasteiger partial charge is 0.252 e. The number of aryl methyl sites for hydroxylation is 2. The van der Waals surface area contributed by atoms with Crippen LogP contribution in [0.4, 0.5) is 11.6 Å². The van der Waals surface area contributed by atoms with Crippen LogP contribution in [0, 0.1) is 25.2 Å². The highest BCUT2D eigenvalue weighted by Gasteiger charge is 2.28. The van der Waals surface area contributed by atoms with Crippen molar-refractivity contribution >= 4 is 11.6 Å². The van der Waals surface area contributed by atoms with Gasteiger partial charge in [-0.3, -0.25) is 19.7 Å². The standard InChI is InChI=1S/C18H23N7O/c1-11-6-16(15(8-19)12(2)21-11)25-5-4-14(10-25)24(3)9-13-7-17(26)23-18(20)22-13/h6-7,14H,4-5,9-10H2,1-3H3,(H3,20,22,23,26)/t14-/m1/s1. The number of rotatable bonds is 4. The van der Waals surface area contributed by atoms with E-state index in [1.165, 1.54) is 6.07 Å². The third kappa shape index (κ3) is 3.68. The van der Waals surface area contributed by atoms with Crippen molar-refractivity contribution in [2.45, 2.75) is 32.9 Å². The lowest BCUT2D eigenvalue weighted by Crippen LogP contribution is -2.35. The number of anilines is 2. The van der Waals surface area contributed by atoms with Gasteiger partial charge in [0.1, 0.15) is 6.07 Å². The molecule has 1 aliphatic heterocycles. The minimum absolute atomic E-state index is 0.135. The Balaban J connectivity index is 1.74. The van der Waals surface area contributed by atoms with Gasteiger partial charge in [-0.1, -0.05) is 0 Å². The first-order chi connectivity index (χ1) is 12.4. The van der Waals surface area contributed by atoms with Crippen molar-refractivity contribution in [3.05, 3.63) is 45.1 Å². The fourth-order valence-corrected chi connectivity index (χ4v) is 3.51. The van der Waals surface area contributed by atoms with Gasteiger partial charge < -0.3 is 10.6 Å². The lowest BCUT2D eigenvalue weighted by atomic mass is 10.1. The monoisotopic (exact) mass is 353 g/mol. The highest BCUT2D eigenvalue weighted by Crippen LogP contribution is 2.28. The van der Waals surface area contributed by atoms with Crippen LogP contribution in [0.2, 0.25) is 0 Å². The van der Waals surface area contributed by atoms with Gasteiger partial charge in [0.25, 0.3) is 5.56 Å². The second kappa shape index (κ2) is 7.14. The van der Waals surface area contributed by atoms with E-state index in [1.54, 1.807) is 0 Å². The summed E-state index contributed by atoms with van der Waals surface area (Å²) in [6.45, 7) is 6.05. The topological polar surface area (TPSA) is 115 Å². The predicted octanol–water partition coefficient (Wildman–Crippen LogP) is 0.946. The Morgan fingerprint density at radius 2 is 2.19 bits per heavy atom. The van der Waals surface area contributed by atoms with Gasteiger partial charge in [-0.2, -0.15) is 5.26 Å². The highest BCUT2D eigenvalue weighted by molar-refractivity contribution is 5.62. The van der Waals surface area contributed by atoms with Crippen LogP contribution in [-0.2, 0) is 6.54 Å². The number of nitrogens with two attached hydrogens (primary N) is 1. The molecule has 136 valence electrons. The molecule has 1 fully saturated rings. The molecule has 0 bridgehead atoms. The number of nitrogen functional groups attached to an aromatic ring is 1. The van der Waals surface area contributed by atoms with E-state index in [-0.39, 0.29) is 11.5 Å². The van der Waals surface area contributed by atoms with Crippen LogP contribution in [0.15, 0.2) is 16.9 Å². The van der Waals surface area contributed by atoms with E-state index in [0.717, 1.165) is 36.6 Å². The summed E-state index contributed by atoms with van der Waals surface area (Å²) >= 11 is 0. The number of nitrogens with one attached hydrogen (secondary N) is 1. The van der Waals surface area contributed by atoms with Crippen molar-refractivity contribution < 1.29 is 0 Å². The van der Waals surface area contributed by atoms with Gasteiger partial charge in [0, 0.05) is 37.4 Å². The molecule has 0 aromatic carbocycles. The van der Waals surface area contributed by atoms with Crippen molar-refractivity contribution in [2.75, 3.05) is 30.8 Å². The summed E-state index contributed by atoms with van der Waals surface area (Å²) in [5.74, 6) is 0.135. The van der Waals surface area contributed by atoms with E-state index in [2.05, 4.69) is 30.8 Å². The van der Waals surface area contributed by atoms with E-state index >= 15 is 0 Å². The molecule has 3 N–H and O–H groups in total. The van der Waals surface area contributed by atoms with Gasteiger partial charge in [0.05, 0.1) is 22.6 Å². The Kier molecular flexibility index (Phi) is 4.91. The first-order valence-electron chi connectivity index (χ1n) is 8.56. The first-order valence-corrected chi connectivity index (χ1v) is 8.56. The number of nitriles is 1. The molecule has 3 rings (SSSR count). The average Bonchev–Trinajstić information content (AvgIpc) is 3.03. The van der Waals surface area contributed by atoms with Crippen molar-refractivity contribution in [1.29, 1.82) is 5.26 Å². The molecule has 1 saturated heterocycles.